The van der Waals surface area contributed by atoms with Gasteiger partial charge in [0.2, 0.25) is 5.91 Å². The van der Waals surface area contributed by atoms with Gasteiger partial charge in [0.25, 0.3) is 0 Å². The van der Waals surface area contributed by atoms with Crippen LogP contribution < -0.4 is 16.0 Å². The third-order valence-electron chi connectivity index (χ3n) is 6.61. The number of nitrogens with one attached hydrogen (secondary N) is 4. The number of H-pyrrole nitrogens is 1. The molecule has 0 saturated carbocycles. The molecule has 2 amide bonds. The fourth-order valence-electron chi connectivity index (χ4n) is 4.48. The van der Waals surface area contributed by atoms with Gasteiger partial charge in [0.05, 0.1) is 24.5 Å². The molecule has 3 aromatic rings. The summed E-state index contributed by atoms with van der Waals surface area (Å²) in [5.41, 5.74) is 4.44. The molecular weight excluding hydrogens is 558 g/mol. The van der Waals surface area contributed by atoms with Crippen molar-refractivity contribution in [3.63, 3.8) is 0 Å². The minimum atomic E-state index is -0.538. The van der Waals surface area contributed by atoms with Crippen LogP contribution in [0.1, 0.15) is 50.9 Å². The van der Waals surface area contributed by atoms with Gasteiger partial charge in [-0.3, -0.25) is 10.1 Å². The second-order valence-corrected chi connectivity index (χ2v) is 10.2. The Morgan fingerprint density at radius 2 is 2.00 bits per heavy atom. The predicted molar refractivity (Wildman–Crippen MR) is 162 cm³/mol. The molecule has 1 atom stereocenters. The molecule has 0 unspecified atom stereocenters. The number of aromatic amines is 1. The monoisotopic (exact) mass is 591 g/mol. The van der Waals surface area contributed by atoms with Crippen molar-refractivity contribution < 1.29 is 14.3 Å². The van der Waals surface area contributed by atoms with E-state index in [1.54, 1.807) is 24.3 Å². The highest BCUT2D eigenvalue weighted by Crippen LogP contribution is 2.31. The van der Waals surface area contributed by atoms with Gasteiger partial charge in [0, 0.05) is 40.8 Å². The summed E-state index contributed by atoms with van der Waals surface area (Å²) in [5, 5.41) is 20.9. The van der Waals surface area contributed by atoms with Gasteiger partial charge in [0.1, 0.15) is 12.2 Å². The number of nitrogens with zero attached hydrogens (tertiary/aromatic N) is 5. The van der Waals surface area contributed by atoms with Crippen molar-refractivity contribution in [1.82, 2.24) is 35.5 Å². The molecule has 0 fully saturated rings. The van der Waals surface area contributed by atoms with Crippen molar-refractivity contribution in [2.45, 2.75) is 45.1 Å². The molecule has 2 aromatic heterocycles. The lowest BCUT2D eigenvalue weighted by molar-refractivity contribution is -0.117. The molecule has 13 heteroatoms. The number of aromatic nitrogens is 6. The van der Waals surface area contributed by atoms with E-state index >= 15 is 0 Å². The van der Waals surface area contributed by atoms with Gasteiger partial charge in [-0.05, 0) is 66.1 Å². The number of fused-ring (bicyclic) bond motifs is 4. The van der Waals surface area contributed by atoms with E-state index in [9.17, 15) is 9.59 Å². The average molecular weight is 592 g/mol. The SMILES string of the molecule is C=C(Cl)\C=C/C(=C(C)/C=C/C(=O)N[C@H]1CCCCCCNc2cc(NC(=O)OC)ccc2-c2c[nH]c1n2)n1cnnn1. The number of anilines is 2. The smallest absolute Gasteiger partial charge is 0.411 e. The number of ether oxygens (including phenoxy) is 1. The van der Waals surface area contributed by atoms with E-state index in [-0.39, 0.29) is 11.9 Å². The maximum atomic E-state index is 13.1. The first-order chi connectivity index (χ1) is 20.3. The number of tetrazole rings is 1. The molecule has 0 saturated heterocycles. The summed E-state index contributed by atoms with van der Waals surface area (Å²) in [6.45, 7) is 6.29. The van der Waals surface area contributed by atoms with E-state index < -0.39 is 6.09 Å². The Morgan fingerprint density at radius 3 is 2.76 bits per heavy atom. The molecule has 4 rings (SSSR count). The van der Waals surface area contributed by atoms with Crippen molar-refractivity contribution in [2.24, 2.45) is 0 Å². The van der Waals surface area contributed by atoms with E-state index in [0.717, 1.165) is 61.2 Å². The molecule has 1 aromatic carbocycles. The Bertz CT molecular complexity index is 1490. The van der Waals surface area contributed by atoms with Crippen LogP contribution in [-0.4, -0.2) is 55.8 Å². The van der Waals surface area contributed by atoms with Gasteiger partial charge in [-0.15, -0.1) is 5.10 Å². The van der Waals surface area contributed by atoms with E-state index in [2.05, 4.69) is 43.0 Å². The molecule has 1 aliphatic rings. The number of halogens is 1. The first kappa shape index (κ1) is 30.3. The molecule has 3 heterocycles. The predicted octanol–water partition coefficient (Wildman–Crippen LogP) is 5.57. The number of hydrogen-bond acceptors (Lipinski definition) is 8. The van der Waals surface area contributed by atoms with Gasteiger partial charge in [-0.1, -0.05) is 43.5 Å². The summed E-state index contributed by atoms with van der Waals surface area (Å²) >= 11 is 5.90. The van der Waals surface area contributed by atoms with Crippen molar-refractivity contribution >= 4 is 40.7 Å². The third-order valence-corrected chi connectivity index (χ3v) is 6.74. The van der Waals surface area contributed by atoms with Gasteiger partial charge in [-0.25, -0.2) is 14.5 Å². The number of rotatable bonds is 7. The zero-order valence-corrected chi connectivity index (χ0v) is 24.3. The summed E-state index contributed by atoms with van der Waals surface area (Å²) in [6.07, 6.45) is 14.0. The van der Waals surface area contributed by atoms with Crippen LogP contribution in [0, 0.1) is 0 Å². The number of allylic oxidation sites excluding steroid dienone is 6. The van der Waals surface area contributed by atoms with Crippen molar-refractivity contribution in [2.75, 3.05) is 24.3 Å². The first-order valence-corrected chi connectivity index (χ1v) is 14.0. The van der Waals surface area contributed by atoms with E-state index in [1.165, 1.54) is 24.2 Å². The summed E-state index contributed by atoms with van der Waals surface area (Å²) in [6, 6.07) is 5.25. The Morgan fingerprint density at radius 1 is 1.17 bits per heavy atom. The maximum absolute atomic E-state index is 13.1. The van der Waals surface area contributed by atoms with E-state index in [1.807, 2.05) is 25.3 Å². The van der Waals surface area contributed by atoms with Crippen LogP contribution in [-0.2, 0) is 9.53 Å². The van der Waals surface area contributed by atoms with Crippen LogP contribution in [0.5, 0.6) is 0 Å². The maximum Gasteiger partial charge on any atom is 0.411 e. The molecule has 12 nitrogen and oxygen atoms in total. The topological polar surface area (TPSA) is 152 Å². The Hall–Kier alpha value is -4.71. The van der Waals surface area contributed by atoms with Crippen molar-refractivity contribution in [3.8, 4) is 11.3 Å². The minimum Gasteiger partial charge on any atom is -0.453 e. The molecule has 0 spiro atoms. The molecule has 2 bridgehead atoms. The van der Waals surface area contributed by atoms with Crippen LogP contribution in [0.2, 0.25) is 0 Å². The standard InChI is InChI=1S/C29H34ClN9O3/c1-19(26(13-10-20(2)30)39-18-33-37-38-39)9-14-27(40)35-23-8-6-4-5-7-15-31-24-16-21(34-29(41)42-3)11-12-22(24)25-17-32-28(23)36-25/h9-14,16-18,23,31H,2,4-8,15H2,1,3H3,(H,32,36)(H,34,41)(H,35,40)/b13-10-,14-9+,26-19-/t23-/m0/s1. The normalized spacial score (nSPS) is 16.3. The Balaban J connectivity index is 1.56. The average Bonchev–Trinajstić information content (AvgIpc) is 3.68. The molecule has 1 aliphatic heterocycles. The summed E-state index contributed by atoms with van der Waals surface area (Å²) in [7, 11) is 1.32. The number of hydrogen-bond donors (Lipinski definition) is 4. The van der Waals surface area contributed by atoms with Gasteiger partial charge in [0.15, 0.2) is 0 Å². The second-order valence-electron chi connectivity index (χ2n) is 9.67. The van der Waals surface area contributed by atoms with Gasteiger partial charge in [-0.2, -0.15) is 0 Å². The fraction of sp³-hybridized carbons (Fsp3) is 0.310. The van der Waals surface area contributed by atoms with Crippen molar-refractivity contribution in [3.05, 3.63) is 78.0 Å². The van der Waals surface area contributed by atoms with Crippen LogP contribution in [0.25, 0.3) is 17.0 Å². The number of carbonyl (C=O) groups excluding carboxylic acids is 2. The van der Waals surface area contributed by atoms with Crippen LogP contribution in [0.3, 0.4) is 0 Å². The zero-order chi connectivity index (χ0) is 29.9. The molecular formula is C29H34ClN9O3. The number of methoxy groups -OCH3 is 1. The molecule has 220 valence electrons. The number of imidazole rings is 1. The number of carbonyl (C=O) groups is 2. The number of benzene rings is 1. The molecule has 0 aliphatic carbocycles. The largest absolute Gasteiger partial charge is 0.453 e. The lowest BCUT2D eigenvalue weighted by Crippen LogP contribution is -2.27. The highest BCUT2D eigenvalue weighted by atomic mass is 35.5. The fourth-order valence-corrected chi connectivity index (χ4v) is 4.54. The summed E-state index contributed by atoms with van der Waals surface area (Å²) in [4.78, 5) is 32.9. The van der Waals surface area contributed by atoms with Crippen LogP contribution in [0.15, 0.2) is 72.2 Å². The minimum absolute atomic E-state index is 0.260. The van der Waals surface area contributed by atoms with E-state index in [0.29, 0.717) is 22.2 Å². The second kappa shape index (κ2) is 14.8. The van der Waals surface area contributed by atoms with Crippen LogP contribution >= 0.6 is 11.6 Å². The summed E-state index contributed by atoms with van der Waals surface area (Å²) in [5.74, 6) is 0.405. The highest BCUT2D eigenvalue weighted by molar-refractivity contribution is 6.30. The molecule has 4 N–H and O–H groups in total. The van der Waals surface area contributed by atoms with Crippen molar-refractivity contribution in [1.29, 1.82) is 0 Å². The molecule has 42 heavy (non-hydrogen) atoms. The third kappa shape index (κ3) is 8.40. The lowest BCUT2D eigenvalue weighted by atomic mass is 10.1. The molecule has 0 radical (unpaired) electrons. The van der Waals surface area contributed by atoms with Crippen LogP contribution in [0.4, 0.5) is 16.2 Å². The number of amides is 2. The highest BCUT2D eigenvalue weighted by Gasteiger charge is 2.19. The van der Waals surface area contributed by atoms with E-state index in [4.69, 9.17) is 21.3 Å². The zero-order valence-electron chi connectivity index (χ0n) is 23.6. The van der Waals surface area contributed by atoms with Gasteiger partial charge < -0.3 is 20.4 Å². The Kier molecular flexibility index (Phi) is 10.6. The van der Waals surface area contributed by atoms with Gasteiger partial charge >= 0.3 is 6.09 Å². The Labute approximate surface area is 249 Å². The first-order valence-electron chi connectivity index (χ1n) is 13.6. The summed E-state index contributed by atoms with van der Waals surface area (Å²) < 4.78 is 6.20. The quantitative estimate of drug-likeness (QED) is 0.205. The lowest BCUT2D eigenvalue weighted by Gasteiger charge is -2.16.